The van der Waals surface area contributed by atoms with Gasteiger partial charge in [-0.25, -0.2) is 10.6 Å². The largest absolute Gasteiger partial charge is 0.334 e. The standard InChI is InChI=1S/C5H11N3O/c1-3-2-4(3)7-5(9)8-6/h3-4H,2,6H2,1H3,(H2,7,8,9). The average molecular weight is 129 g/mol. The topological polar surface area (TPSA) is 67.2 Å². The Morgan fingerprint density at radius 3 is 2.67 bits per heavy atom. The molecule has 0 aromatic rings. The average Bonchev–Trinajstić information content (AvgIpc) is 2.47. The Bertz CT molecular complexity index is 125. The molecule has 2 atom stereocenters. The van der Waals surface area contributed by atoms with Crippen LogP contribution in [0.15, 0.2) is 0 Å². The molecule has 9 heavy (non-hydrogen) atoms. The lowest BCUT2D eigenvalue weighted by Crippen LogP contribution is -2.41. The van der Waals surface area contributed by atoms with E-state index in [4.69, 9.17) is 5.84 Å². The fraction of sp³-hybridized carbons (Fsp3) is 0.800. The van der Waals surface area contributed by atoms with Gasteiger partial charge in [0.15, 0.2) is 0 Å². The number of nitrogens with two attached hydrogens (primary N) is 1. The fourth-order valence-electron chi connectivity index (χ4n) is 0.733. The molecule has 1 saturated carbocycles. The molecular weight excluding hydrogens is 118 g/mol. The molecular formula is C5H11N3O. The third-order valence-corrected chi connectivity index (χ3v) is 1.56. The Kier molecular flexibility index (Phi) is 1.57. The maximum atomic E-state index is 10.5. The minimum absolute atomic E-state index is 0.288. The van der Waals surface area contributed by atoms with E-state index in [1.807, 2.05) is 5.43 Å². The van der Waals surface area contributed by atoms with Crippen molar-refractivity contribution in [2.45, 2.75) is 19.4 Å². The van der Waals surface area contributed by atoms with Crippen LogP contribution in [0.4, 0.5) is 4.79 Å². The quantitative estimate of drug-likeness (QED) is 0.255. The van der Waals surface area contributed by atoms with Crippen molar-refractivity contribution in [3.8, 4) is 0 Å². The van der Waals surface area contributed by atoms with Gasteiger partial charge in [0, 0.05) is 6.04 Å². The maximum Gasteiger partial charge on any atom is 0.329 e. The van der Waals surface area contributed by atoms with Crippen molar-refractivity contribution < 1.29 is 4.79 Å². The summed E-state index contributed by atoms with van der Waals surface area (Å²) in [5.74, 6) is 5.46. The predicted molar refractivity (Wildman–Crippen MR) is 33.4 cm³/mol. The molecule has 0 radical (unpaired) electrons. The molecule has 2 amide bonds. The number of carbonyl (C=O) groups is 1. The second kappa shape index (κ2) is 2.23. The van der Waals surface area contributed by atoms with E-state index in [9.17, 15) is 4.79 Å². The molecule has 1 fully saturated rings. The number of amides is 2. The van der Waals surface area contributed by atoms with Crippen LogP contribution in [0, 0.1) is 5.92 Å². The molecule has 52 valence electrons. The van der Waals surface area contributed by atoms with Crippen molar-refractivity contribution in [1.82, 2.24) is 10.7 Å². The Morgan fingerprint density at radius 2 is 2.33 bits per heavy atom. The van der Waals surface area contributed by atoms with Crippen molar-refractivity contribution in [1.29, 1.82) is 0 Å². The monoisotopic (exact) mass is 129 g/mol. The van der Waals surface area contributed by atoms with Crippen LogP contribution in [0.3, 0.4) is 0 Å². The van der Waals surface area contributed by atoms with Crippen molar-refractivity contribution in [3.05, 3.63) is 0 Å². The van der Waals surface area contributed by atoms with E-state index in [1.165, 1.54) is 0 Å². The molecule has 0 bridgehead atoms. The smallest absolute Gasteiger partial charge is 0.329 e. The Balaban J connectivity index is 2.12. The molecule has 1 aliphatic rings. The van der Waals surface area contributed by atoms with Gasteiger partial charge in [-0.3, -0.25) is 5.43 Å². The summed E-state index contributed by atoms with van der Waals surface area (Å²) in [7, 11) is 0. The summed E-state index contributed by atoms with van der Waals surface area (Å²) < 4.78 is 0. The second-order valence-corrected chi connectivity index (χ2v) is 2.44. The molecule has 1 aliphatic carbocycles. The number of rotatable bonds is 1. The van der Waals surface area contributed by atoms with E-state index in [1.54, 1.807) is 0 Å². The number of carbonyl (C=O) groups excluding carboxylic acids is 1. The highest BCUT2D eigenvalue weighted by Gasteiger charge is 2.33. The lowest BCUT2D eigenvalue weighted by atomic mass is 10.5. The van der Waals surface area contributed by atoms with Crippen LogP contribution in [0.2, 0.25) is 0 Å². The van der Waals surface area contributed by atoms with Gasteiger partial charge in [0.1, 0.15) is 0 Å². The molecule has 0 aliphatic heterocycles. The highest BCUT2D eigenvalue weighted by Crippen LogP contribution is 2.28. The van der Waals surface area contributed by atoms with Crippen LogP contribution >= 0.6 is 0 Å². The Morgan fingerprint density at radius 1 is 1.78 bits per heavy atom. The molecule has 0 spiro atoms. The van der Waals surface area contributed by atoms with Crippen LogP contribution in [0.1, 0.15) is 13.3 Å². The summed E-state index contributed by atoms with van der Waals surface area (Å²) >= 11 is 0. The number of hydrogen-bond acceptors (Lipinski definition) is 2. The summed E-state index contributed by atoms with van der Waals surface area (Å²) in [6, 6.07) is 0.0675. The van der Waals surface area contributed by atoms with E-state index >= 15 is 0 Å². The summed E-state index contributed by atoms with van der Waals surface area (Å²) in [6.45, 7) is 2.08. The van der Waals surface area contributed by atoms with Crippen molar-refractivity contribution >= 4 is 6.03 Å². The van der Waals surface area contributed by atoms with Gasteiger partial charge in [-0.15, -0.1) is 0 Å². The highest BCUT2D eigenvalue weighted by molar-refractivity contribution is 5.73. The first kappa shape index (κ1) is 6.35. The number of nitrogens with one attached hydrogen (secondary N) is 2. The third-order valence-electron chi connectivity index (χ3n) is 1.56. The van der Waals surface area contributed by atoms with E-state index < -0.39 is 0 Å². The second-order valence-electron chi connectivity index (χ2n) is 2.44. The Hall–Kier alpha value is -0.770. The van der Waals surface area contributed by atoms with Gasteiger partial charge in [-0.2, -0.15) is 0 Å². The summed E-state index contributed by atoms with van der Waals surface area (Å²) in [6.07, 6.45) is 1.08. The minimum atomic E-state index is -0.288. The van der Waals surface area contributed by atoms with Gasteiger partial charge in [-0.1, -0.05) is 6.92 Å². The molecule has 4 heteroatoms. The van der Waals surface area contributed by atoms with E-state index in [2.05, 4.69) is 12.2 Å². The summed E-state index contributed by atoms with van der Waals surface area (Å²) in [5, 5.41) is 2.68. The van der Waals surface area contributed by atoms with Gasteiger partial charge in [0.2, 0.25) is 0 Å². The number of urea groups is 1. The third kappa shape index (κ3) is 1.57. The minimum Gasteiger partial charge on any atom is -0.334 e. The SMILES string of the molecule is CC1CC1NC(=O)NN. The van der Waals surface area contributed by atoms with E-state index in [0.717, 1.165) is 6.42 Å². The maximum absolute atomic E-state index is 10.5. The van der Waals surface area contributed by atoms with Gasteiger partial charge in [0.05, 0.1) is 0 Å². The van der Waals surface area contributed by atoms with Crippen LogP contribution in [0.25, 0.3) is 0 Å². The zero-order valence-corrected chi connectivity index (χ0v) is 5.35. The fourth-order valence-corrected chi connectivity index (χ4v) is 0.733. The molecule has 1 rings (SSSR count). The molecule has 4 nitrogen and oxygen atoms in total. The normalized spacial score (nSPS) is 31.3. The zero-order valence-electron chi connectivity index (χ0n) is 5.35. The van der Waals surface area contributed by atoms with Crippen molar-refractivity contribution in [2.24, 2.45) is 11.8 Å². The van der Waals surface area contributed by atoms with Gasteiger partial charge in [0.25, 0.3) is 0 Å². The summed E-state index contributed by atoms with van der Waals surface area (Å²) in [5.41, 5.74) is 2.01. The lowest BCUT2D eigenvalue weighted by molar-refractivity contribution is 0.240. The molecule has 0 saturated heterocycles. The van der Waals surface area contributed by atoms with Crippen LogP contribution in [0.5, 0.6) is 0 Å². The van der Waals surface area contributed by atoms with Gasteiger partial charge >= 0.3 is 6.03 Å². The molecule has 0 aromatic carbocycles. The number of hydrogen-bond donors (Lipinski definition) is 3. The van der Waals surface area contributed by atoms with Crippen molar-refractivity contribution in [2.75, 3.05) is 0 Å². The molecule has 4 N–H and O–H groups in total. The lowest BCUT2D eigenvalue weighted by Gasteiger charge is -1.99. The molecule has 0 aromatic heterocycles. The van der Waals surface area contributed by atoms with Crippen LogP contribution < -0.4 is 16.6 Å². The van der Waals surface area contributed by atoms with E-state index in [-0.39, 0.29) is 6.03 Å². The van der Waals surface area contributed by atoms with E-state index in [0.29, 0.717) is 12.0 Å². The van der Waals surface area contributed by atoms with Gasteiger partial charge in [-0.05, 0) is 12.3 Å². The predicted octanol–water partition coefficient (Wildman–Crippen LogP) is -0.432. The summed E-state index contributed by atoms with van der Waals surface area (Å²) in [4.78, 5) is 10.5. The first-order chi connectivity index (χ1) is 4.24. The van der Waals surface area contributed by atoms with Crippen molar-refractivity contribution in [3.63, 3.8) is 0 Å². The Labute approximate surface area is 53.8 Å². The number of hydrazine groups is 1. The first-order valence-corrected chi connectivity index (χ1v) is 3.01. The van der Waals surface area contributed by atoms with Gasteiger partial charge < -0.3 is 5.32 Å². The van der Waals surface area contributed by atoms with Crippen LogP contribution in [-0.2, 0) is 0 Å². The first-order valence-electron chi connectivity index (χ1n) is 3.01. The highest BCUT2D eigenvalue weighted by atomic mass is 16.2. The zero-order chi connectivity index (χ0) is 6.85. The molecule has 2 unspecified atom stereocenters. The van der Waals surface area contributed by atoms with Crippen LogP contribution in [-0.4, -0.2) is 12.1 Å². The molecule has 0 heterocycles.